The van der Waals surface area contributed by atoms with Crippen LogP contribution in [0, 0.1) is 0 Å². The van der Waals surface area contributed by atoms with Gasteiger partial charge in [0, 0.05) is 18.7 Å². The molecule has 1 unspecified atom stereocenters. The highest BCUT2D eigenvalue weighted by atomic mass is 16.5. The second-order valence-electron chi connectivity index (χ2n) is 4.92. The molecule has 0 aliphatic heterocycles. The van der Waals surface area contributed by atoms with Crippen LogP contribution < -0.4 is 0 Å². The van der Waals surface area contributed by atoms with Gasteiger partial charge in [0.1, 0.15) is 0 Å². The van der Waals surface area contributed by atoms with Crippen LogP contribution >= 0.6 is 0 Å². The summed E-state index contributed by atoms with van der Waals surface area (Å²) in [6, 6.07) is 7.85. The van der Waals surface area contributed by atoms with Crippen molar-refractivity contribution in [2.75, 3.05) is 26.3 Å². The number of aryl methyl sites for hydroxylation is 1. The van der Waals surface area contributed by atoms with Crippen molar-refractivity contribution in [3.63, 3.8) is 0 Å². The maximum absolute atomic E-state index is 12.5. The highest BCUT2D eigenvalue weighted by Crippen LogP contribution is 2.11. The minimum absolute atomic E-state index is 0.104. The first-order chi connectivity index (χ1) is 9.63. The Labute approximate surface area is 122 Å². The van der Waals surface area contributed by atoms with Crippen LogP contribution in [-0.4, -0.2) is 43.0 Å². The molecular formula is C17H27NO2. The molecule has 20 heavy (non-hydrogen) atoms. The van der Waals surface area contributed by atoms with Crippen LogP contribution in [0.2, 0.25) is 0 Å². The Balaban J connectivity index is 2.67. The van der Waals surface area contributed by atoms with E-state index >= 15 is 0 Å². The third-order valence-corrected chi connectivity index (χ3v) is 3.71. The number of carbonyl (C=O) groups is 1. The lowest BCUT2D eigenvalue weighted by molar-refractivity contribution is 0.0740. The second kappa shape index (κ2) is 8.88. The summed E-state index contributed by atoms with van der Waals surface area (Å²) in [4.78, 5) is 14.7. The van der Waals surface area contributed by atoms with Gasteiger partial charge in [-0.25, -0.2) is 0 Å². The second-order valence-corrected chi connectivity index (χ2v) is 4.92. The van der Waals surface area contributed by atoms with E-state index in [0.717, 1.165) is 31.7 Å². The van der Waals surface area contributed by atoms with Crippen LogP contribution in [0.25, 0.3) is 0 Å². The summed E-state index contributed by atoms with van der Waals surface area (Å²) in [5.41, 5.74) is 2.06. The van der Waals surface area contributed by atoms with Crippen molar-refractivity contribution in [1.82, 2.24) is 4.90 Å². The summed E-state index contributed by atoms with van der Waals surface area (Å²) in [5.74, 6) is 0.186. The third-order valence-electron chi connectivity index (χ3n) is 3.71. The fraction of sp³-hybridized carbons (Fsp3) is 0.588. The summed E-state index contributed by atoms with van der Waals surface area (Å²) in [6.07, 6.45) is 0.999. The fourth-order valence-corrected chi connectivity index (χ4v) is 2.26. The van der Waals surface area contributed by atoms with E-state index < -0.39 is 0 Å². The fourth-order valence-electron chi connectivity index (χ4n) is 2.26. The van der Waals surface area contributed by atoms with Crippen LogP contribution in [0.5, 0.6) is 0 Å². The topological polar surface area (TPSA) is 29.5 Å². The maximum Gasteiger partial charge on any atom is 0.179 e. The number of likely N-dealkylation sites (N-methyl/N-ethyl adjacent to an activating group) is 1. The molecule has 0 radical (unpaired) electrons. The van der Waals surface area contributed by atoms with E-state index in [1.165, 1.54) is 5.56 Å². The zero-order chi connectivity index (χ0) is 15.0. The van der Waals surface area contributed by atoms with Gasteiger partial charge in [-0.3, -0.25) is 9.69 Å². The molecule has 3 nitrogen and oxygen atoms in total. The van der Waals surface area contributed by atoms with Crippen LogP contribution in [0.3, 0.4) is 0 Å². The Morgan fingerprint density at radius 1 is 1.20 bits per heavy atom. The summed E-state index contributed by atoms with van der Waals surface area (Å²) < 4.78 is 5.38. The minimum atomic E-state index is -0.104. The zero-order valence-electron chi connectivity index (χ0n) is 13.2. The van der Waals surface area contributed by atoms with Gasteiger partial charge in [0.25, 0.3) is 0 Å². The highest BCUT2D eigenvalue weighted by Gasteiger charge is 2.20. The molecule has 0 amide bonds. The van der Waals surface area contributed by atoms with Crippen LogP contribution in [0.15, 0.2) is 24.3 Å². The molecule has 1 aromatic carbocycles. The number of hydrogen-bond donors (Lipinski definition) is 0. The van der Waals surface area contributed by atoms with E-state index in [4.69, 9.17) is 4.74 Å². The van der Waals surface area contributed by atoms with Crippen LogP contribution in [0.4, 0.5) is 0 Å². The number of rotatable bonds is 9. The molecular weight excluding hydrogens is 250 g/mol. The van der Waals surface area contributed by atoms with Gasteiger partial charge >= 0.3 is 0 Å². The summed E-state index contributed by atoms with van der Waals surface area (Å²) in [7, 11) is 0. The smallest absolute Gasteiger partial charge is 0.179 e. The predicted octanol–water partition coefficient (Wildman–Crippen LogP) is 3.18. The molecule has 1 atom stereocenters. The lowest BCUT2D eigenvalue weighted by Crippen LogP contribution is -2.40. The predicted molar refractivity (Wildman–Crippen MR) is 83.4 cm³/mol. The Bertz CT molecular complexity index is 400. The van der Waals surface area contributed by atoms with Crippen molar-refractivity contribution >= 4 is 5.78 Å². The quantitative estimate of drug-likeness (QED) is 0.513. The molecule has 3 heteroatoms. The van der Waals surface area contributed by atoms with Gasteiger partial charge in [0.15, 0.2) is 5.78 Å². The van der Waals surface area contributed by atoms with Crippen LogP contribution in [0.1, 0.15) is 43.6 Å². The van der Waals surface area contributed by atoms with E-state index in [9.17, 15) is 4.79 Å². The van der Waals surface area contributed by atoms with E-state index in [0.29, 0.717) is 6.61 Å². The van der Waals surface area contributed by atoms with E-state index in [2.05, 4.69) is 18.7 Å². The van der Waals surface area contributed by atoms with Gasteiger partial charge in [-0.2, -0.15) is 0 Å². The standard InChI is InChI=1S/C17H27NO2/c1-5-15-8-10-16(11-9-15)17(19)14(4)18(6-2)12-13-20-7-3/h8-11,14H,5-7,12-13H2,1-4H3. The number of nitrogens with zero attached hydrogens (tertiary/aromatic N) is 1. The first-order valence-electron chi connectivity index (χ1n) is 7.58. The molecule has 0 heterocycles. The van der Waals surface area contributed by atoms with Crippen LogP contribution in [-0.2, 0) is 11.2 Å². The van der Waals surface area contributed by atoms with Crippen molar-refractivity contribution in [3.05, 3.63) is 35.4 Å². The largest absolute Gasteiger partial charge is 0.380 e. The monoisotopic (exact) mass is 277 g/mol. The number of carbonyl (C=O) groups excluding carboxylic acids is 1. The van der Waals surface area contributed by atoms with E-state index in [1.54, 1.807) is 0 Å². The Morgan fingerprint density at radius 3 is 2.35 bits per heavy atom. The van der Waals surface area contributed by atoms with Gasteiger partial charge < -0.3 is 4.74 Å². The average Bonchev–Trinajstić information content (AvgIpc) is 2.50. The molecule has 0 fully saturated rings. The number of benzene rings is 1. The Morgan fingerprint density at radius 2 is 1.85 bits per heavy atom. The van der Waals surface area contributed by atoms with Gasteiger partial charge in [0.05, 0.1) is 12.6 Å². The third kappa shape index (κ3) is 4.73. The van der Waals surface area contributed by atoms with Crippen molar-refractivity contribution in [2.45, 2.75) is 40.2 Å². The number of ketones is 1. The Kier molecular flexibility index (Phi) is 7.48. The van der Waals surface area contributed by atoms with Gasteiger partial charge in [-0.05, 0) is 32.4 Å². The number of hydrogen-bond acceptors (Lipinski definition) is 3. The normalized spacial score (nSPS) is 12.7. The zero-order valence-corrected chi connectivity index (χ0v) is 13.2. The lowest BCUT2D eigenvalue weighted by Gasteiger charge is -2.26. The molecule has 0 saturated carbocycles. The highest BCUT2D eigenvalue weighted by molar-refractivity contribution is 5.99. The molecule has 0 spiro atoms. The first-order valence-corrected chi connectivity index (χ1v) is 7.58. The molecule has 112 valence electrons. The van der Waals surface area contributed by atoms with Gasteiger partial charge in [-0.1, -0.05) is 38.1 Å². The van der Waals surface area contributed by atoms with Gasteiger partial charge in [0.2, 0.25) is 0 Å². The van der Waals surface area contributed by atoms with E-state index in [1.807, 2.05) is 38.1 Å². The van der Waals surface area contributed by atoms with Gasteiger partial charge in [-0.15, -0.1) is 0 Å². The number of ether oxygens (including phenoxy) is 1. The maximum atomic E-state index is 12.5. The van der Waals surface area contributed by atoms with E-state index in [-0.39, 0.29) is 11.8 Å². The molecule has 0 aromatic heterocycles. The molecule has 0 aliphatic rings. The molecule has 1 aromatic rings. The van der Waals surface area contributed by atoms with Crippen molar-refractivity contribution in [3.8, 4) is 0 Å². The Hall–Kier alpha value is -1.19. The average molecular weight is 277 g/mol. The lowest BCUT2D eigenvalue weighted by atomic mass is 10.0. The molecule has 0 N–H and O–H groups in total. The molecule has 1 rings (SSSR count). The summed E-state index contributed by atoms with van der Waals surface area (Å²) in [5, 5.41) is 0. The molecule has 0 saturated heterocycles. The molecule has 0 aliphatic carbocycles. The summed E-state index contributed by atoms with van der Waals surface area (Å²) in [6.45, 7) is 11.2. The summed E-state index contributed by atoms with van der Waals surface area (Å²) >= 11 is 0. The SMILES string of the molecule is CCOCCN(CC)C(C)C(=O)c1ccc(CC)cc1. The van der Waals surface area contributed by atoms with Crippen molar-refractivity contribution in [1.29, 1.82) is 0 Å². The number of Topliss-reactive ketones (excluding diaryl/α,β-unsaturated/α-hetero) is 1. The van der Waals surface area contributed by atoms with Crippen molar-refractivity contribution < 1.29 is 9.53 Å². The first kappa shape index (κ1) is 16.9. The van der Waals surface area contributed by atoms with Crippen molar-refractivity contribution in [2.24, 2.45) is 0 Å². The molecule has 0 bridgehead atoms. The minimum Gasteiger partial charge on any atom is -0.380 e.